The van der Waals surface area contributed by atoms with Gasteiger partial charge in [-0.15, -0.1) is 11.3 Å². The largest absolute Gasteiger partial charge is 0.477 e. The average molecular weight is 346 g/mol. The van der Waals surface area contributed by atoms with Crippen molar-refractivity contribution in [3.8, 4) is 0 Å². The number of hydrogen-bond donors (Lipinski definition) is 2. The number of carboxylic acid groups (broad SMARTS) is 1. The molecule has 128 valence electrons. The first-order chi connectivity index (χ1) is 11.4. The zero-order chi connectivity index (χ0) is 17.7. The van der Waals surface area contributed by atoms with Gasteiger partial charge < -0.3 is 10.4 Å². The molecule has 2 N–H and O–H groups in total. The zero-order valence-electron chi connectivity index (χ0n) is 14.1. The van der Waals surface area contributed by atoms with Crippen LogP contribution in [0.15, 0.2) is 24.3 Å². The second-order valence-electron chi connectivity index (χ2n) is 5.90. The van der Waals surface area contributed by atoms with E-state index < -0.39 is 5.97 Å². The second-order valence-corrected chi connectivity index (χ2v) is 6.93. The maximum Gasteiger partial charge on any atom is 0.347 e. The Morgan fingerprint density at radius 3 is 2.50 bits per heavy atom. The van der Waals surface area contributed by atoms with Gasteiger partial charge in [0.2, 0.25) is 5.91 Å². The Morgan fingerprint density at radius 1 is 1.25 bits per heavy atom. The molecule has 1 atom stereocenters. The Balaban J connectivity index is 1.82. The Kier molecular flexibility index (Phi) is 6.09. The normalized spacial score (nSPS) is 12.0. The van der Waals surface area contributed by atoms with Gasteiger partial charge in [0.1, 0.15) is 9.88 Å². The fraction of sp³-hybridized carbons (Fsp3) is 0.389. The number of nitrogens with zero attached hydrogens (tertiary/aromatic N) is 1. The summed E-state index contributed by atoms with van der Waals surface area (Å²) >= 11 is 1.11. The first kappa shape index (κ1) is 18.1. The molecule has 0 aliphatic carbocycles. The molecule has 1 aromatic heterocycles. The first-order valence-electron chi connectivity index (χ1n) is 7.92. The Hall–Kier alpha value is -2.21. The van der Waals surface area contributed by atoms with Crippen LogP contribution in [0.25, 0.3) is 0 Å². The van der Waals surface area contributed by atoms with Gasteiger partial charge in [0, 0.05) is 6.42 Å². The molecule has 0 bridgehead atoms. The highest BCUT2D eigenvalue weighted by Crippen LogP contribution is 2.23. The van der Waals surface area contributed by atoms with Gasteiger partial charge in [-0.1, -0.05) is 29.8 Å². The number of nitrogens with one attached hydrogen (secondary N) is 1. The number of amides is 1. The third-order valence-corrected chi connectivity index (χ3v) is 5.07. The number of aryl methyl sites for hydroxylation is 3. The molecular weight excluding hydrogens is 324 g/mol. The second kappa shape index (κ2) is 8.06. The van der Waals surface area contributed by atoms with Crippen molar-refractivity contribution in [2.24, 2.45) is 0 Å². The van der Waals surface area contributed by atoms with Gasteiger partial charge in [-0.2, -0.15) is 0 Å². The monoisotopic (exact) mass is 346 g/mol. The SMILES string of the molecule is Cc1ccc(CCCC(=O)NC(C)c2nc(C)c(C(=O)O)s2)cc1. The molecule has 0 spiro atoms. The van der Waals surface area contributed by atoms with E-state index in [2.05, 4.69) is 41.5 Å². The molecule has 5 nitrogen and oxygen atoms in total. The van der Waals surface area contributed by atoms with Crippen molar-refractivity contribution in [1.82, 2.24) is 10.3 Å². The molecule has 0 fully saturated rings. The first-order valence-corrected chi connectivity index (χ1v) is 8.74. The summed E-state index contributed by atoms with van der Waals surface area (Å²) in [6, 6.07) is 8.03. The van der Waals surface area contributed by atoms with Crippen LogP contribution in [0.4, 0.5) is 0 Å². The fourth-order valence-electron chi connectivity index (χ4n) is 2.38. The molecule has 1 heterocycles. The number of aromatic carboxylic acids is 1. The van der Waals surface area contributed by atoms with Crippen molar-refractivity contribution in [3.63, 3.8) is 0 Å². The van der Waals surface area contributed by atoms with Crippen molar-refractivity contribution < 1.29 is 14.7 Å². The summed E-state index contributed by atoms with van der Waals surface area (Å²) in [6.45, 7) is 5.54. The van der Waals surface area contributed by atoms with Gasteiger partial charge in [0.15, 0.2) is 0 Å². The third kappa shape index (κ3) is 4.89. The van der Waals surface area contributed by atoms with Crippen molar-refractivity contribution in [3.05, 3.63) is 51.0 Å². The van der Waals surface area contributed by atoms with Crippen LogP contribution in [0, 0.1) is 13.8 Å². The van der Waals surface area contributed by atoms with Crippen LogP contribution in [-0.2, 0) is 11.2 Å². The maximum atomic E-state index is 12.0. The fourth-order valence-corrected chi connectivity index (χ4v) is 3.29. The molecule has 2 rings (SSSR count). The van der Waals surface area contributed by atoms with Crippen molar-refractivity contribution in [2.45, 2.75) is 46.1 Å². The van der Waals surface area contributed by atoms with E-state index in [1.54, 1.807) is 6.92 Å². The minimum atomic E-state index is -0.979. The van der Waals surface area contributed by atoms with Crippen LogP contribution in [-0.4, -0.2) is 22.0 Å². The summed E-state index contributed by atoms with van der Waals surface area (Å²) in [5.41, 5.74) is 2.94. The summed E-state index contributed by atoms with van der Waals surface area (Å²) in [4.78, 5) is 27.6. The summed E-state index contributed by atoms with van der Waals surface area (Å²) in [5.74, 6) is -1.02. The molecule has 2 aromatic rings. The quantitative estimate of drug-likeness (QED) is 0.802. The molecule has 1 aromatic carbocycles. The molecule has 24 heavy (non-hydrogen) atoms. The number of benzene rings is 1. The maximum absolute atomic E-state index is 12.0. The Bertz CT molecular complexity index is 722. The van der Waals surface area contributed by atoms with E-state index in [1.165, 1.54) is 11.1 Å². The van der Waals surface area contributed by atoms with Crippen LogP contribution in [0.1, 0.15) is 57.3 Å². The number of carbonyl (C=O) groups is 2. The molecule has 0 saturated carbocycles. The van der Waals surface area contributed by atoms with Gasteiger partial charge in [0.05, 0.1) is 11.7 Å². The highest BCUT2D eigenvalue weighted by molar-refractivity contribution is 7.13. The lowest BCUT2D eigenvalue weighted by atomic mass is 10.1. The van der Waals surface area contributed by atoms with Gasteiger partial charge in [-0.05, 0) is 39.2 Å². The topological polar surface area (TPSA) is 79.3 Å². The third-order valence-electron chi connectivity index (χ3n) is 3.75. The summed E-state index contributed by atoms with van der Waals surface area (Å²) in [6.07, 6.45) is 2.08. The van der Waals surface area contributed by atoms with Gasteiger partial charge in [0.25, 0.3) is 0 Å². The molecule has 1 amide bonds. The molecule has 0 aliphatic heterocycles. The van der Waals surface area contributed by atoms with Crippen LogP contribution in [0.2, 0.25) is 0 Å². The Morgan fingerprint density at radius 2 is 1.92 bits per heavy atom. The summed E-state index contributed by atoms with van der Waals surface area (Å²) < 4.78 is 0. The molecule has 0 saturated heterocycles. The summed E-state index contributed by atoms with van der Waals surface area (Å²) in [7, 11) is 0. The van der Waals surface area contributed by atoms with E-state index in [9.17, 15) is 9.59 Å². The minimum Gasteiger partial charge on any atom is -0.477 e. The van der Waals surface area contributed by atoms with Crippen LogP contribution >= 0.6 is 11.3 Å². The molecular formula is C18H22N2O3S. The lowest BCUT2D eigenvalue weighted by Gasteiger charge is -2.11. The number of rotatable bonds is 7. The van der Waals surface area contributed by atoms with Crippen molar-refractivity contribution in [1.29, 1.82) is 0 Å². The zero-order valence-corrected chi connectivity index (χ0v) is 14.9. The summed E-state index contributed by atoms with van der Waals surface area (Å²) in [5, 5.41) is 12.6. The minimum absolute atomic E-state index is 0.0423. The average Bonchev–Trinajstić information content (AvgIpc) is 2.91. The van der Waals surface area contributed by atoms with E-state index in [0.717, 1.165) is 24.2 Å². The molecule has 1 unspecified atom stereocenters. The number of thiazole rings is 1. The smallest absolute Gasteiger partial charge is 0.347 e. The lowest BCUT2D eigenvalue weighted by Crippen LogP contribution is -2.26. The molecule has 0 aliphatic rings. The Labute approximate surface area is 145 Å². The van der Waals surface area contributed by atoms with Gasteiger partial charge >= 0.3 is 5.97 Å². The van der Waals surface area contributed by atoms with Crippen molar-refractivity contribution in [2.75, 3.05) is 0 Å². The highest BCUT2D eigenvalue weighted by atomic mass is 32.1. The predicted molar refractivity (Wildman–Crippen MR) is 94.5 cm³/mol. The van der Waals surface area contributed by atoms with E-state index >= 15 is 0 Å². The molecule has 0 radical (unpaired) electrons. The van der Waals surface area contributed by atoms with Crippen LogP contribution in [0.3, 0.4) is 0 Å². The number of carboxylic acids is 1. The van der Waals surface area contributed by atoms with E-state index in [0.29, 0.717) is 17.1 Å². The van der Waals surface area contributed by atoms with Crippen LogP contribution < -0.4 is 5.32 Å². The predicted octanol–water partition coefficient (Wildman–Crippen LogP) is 3.66. The number of carbonyl (C=O) groups excluding carboxylic acids is 1. The standard InChI is InChI=1S/C18H22N2O3S/c1-11-7-9-14(10-8-11)5-4-6-15(21)19-13(3)17-20-12(2)16(24-17)18(22)23/h7-10,13H,4-6H2,1-3H3,(H,19,21)(H,22,23). The van der Waals surface area contributed by atoms with Crippen molar-refractivity contribution >= 4 is 23.2 Å². The van der Waals surface area contributed by atoms with Gasteiger partial charge in [-0.25, -0.2) is 9.78 Å². The lowest BCUT2D eigenvalue weighted by molar-refractivity contribution is -0.121. The van der Waals surface area contributed by atoms with E-state index in [1.807, 2.05) is 6.92 Å². The molecule has 6 heteroatoms. The van der Waals surface area contributed by atoms with Crippen LogP contribution in [0.5, 0.6) is 0 Å². The number of aromatic nitrogens is 1. The highest BCUT2D eigenvalue weighted by Gasteiger charge is 2.18. The van der Waals surface area contributed by atoms with Gasteiger partial charge in [-0.3, -0.25) is 4.79 Å². The number of hydrogen-bond acceptors (Lipinski definition) is 4. The van der Waals surface area contributed by atoms with E-state index in [4.69, 9.17) is 5.11 Å². The van der Waals surface area contributed by atoms with E-state index in [-0.39, 0.29) is 16.8 Å².